The van der Waals surface area contributed by atoms with Crippen LogP contribution < -0.4 is 10.0 Å². The summed E-state index contributed by atoms with van der Waals surface area (Å²) in [6.45, 7) is 1.85. The zero-order valence-corrected chi connectivity index (χ0v) is 13.0. The highest BCUT2D eigenvalue weighted by Gasteiger charge is 2.18. The number of aryl methyl sites for hydroxylation is 1. The Morgan fingerprint density at radius 2 is 1.78 bits per heavy atom. The largest absolute Gasteiger partial charge is 0.335 e. The highest BCUT2D eigenvalue weighted by atomic mass is 32.2. The molecule has 0 fully saturated rings. The molecule has 2 aromatic carbocycles. The Bertz CT molecular complexity index is 929. The van der Waals surface area contributed by atoms with Gasteiger partial charge in [-0.25, -0.2) is 22.9 Å². The monoisotopic (exact) mass is 330 g/mol. The van der Waals surface area contributed by atoms with Crippen LogP contribution in [0.5, 0.6) is 0 Å². The average Bonchev–Trinajstić information content (AvgIpc) is 2.88. The molecule has 2 amide bonds. The Morgan fingerprint density at radius 3 is 2.48 bits per heavy atom. The van der Waals surface area contributed by atoms with Gasteiger partial charge in [-0.2, -0.15) is 0 Å². The summed E-state index contributed by atoms with van der Waals surface area (Å²) in [5.41, 5.74) is 2.34. The number of rotatable bonds is 3. The van der Waals surface area contributed by atoms with E-state index in [9.17, 15) is 13.2 Å². The van der Waals surface area contributed by atoms with Crippen molar-refractivity contribution in [2.45, 2.75) is 11.8 Å². The van der Waals surface area contributed by atoms with E-state index >= 15 is 0 Å². The molecule has 8 heteroatoms. The van der Waals surface area contributed by atoms with E-state index in [1.165, 1.54) is 12.1 Å². The molecule has 0 radical (unpaired) electrons. The van der Waals surface area contributed by atoms with Gasteiger partial charge in [0.2, 0.25) is 5.95 Å². The van der Waals surface area contributed by atoms with E-state index in [4.69, 9.17) is 0 Å². The second-order valence-electron chi connectivity index (χ2n) is 4.98. The molecule has 0 saturated heterocycles. The van der Waals surface area contributed by atoms with Gasteiger partial charge >= 0.3 is 6.03 Å². The lowest BCUT2D eigenvalue weighted by Crippen LogP contribution is -2.34. The summed E-state index contributed by atoms with van der Waals surface area (Å²) in [6, 6.07) is 12.5. The number of sulfonamides is 1. The van der Waals surface area contributed by atoms with Crippen LogP contribution in [0.3, 0.4) is 0 Å². The Hall–Kier alpha value is -2.87. The number of carbonyl (C=O) groups is 1. The highest BCUT2D eigenvalue weighted by molar-refractivity contribution is 7.90. The molecule has 0 unspecified atom stereocenters. The van der Waals surface area contributed by atoms with Crippen LogP contribution in [0.25, 0.3) is 11.0 Å². The van der Waals surface area contributed by atoms with E-state index in [2.05, 4.69) is 15.3 Å². The fourth-order valence-electron chi connectivity index (χ4n) is 2.04. The predicted molar refractivity (Wildman–Crippen MR) is 86.6 cm³/mol. The molecule has 1 aromatic heterocycles. The molecule has 0 spiro atoms. The molecule has 23 heavy (non-hydrogen) atoms. The van der Waals surface area contributed by atoms with Crippen LogP contribution in [0.15, 0.2) is 53.4 Å². The molecular formula is C15H14N4O3S. The van der Waals surface area contributed by atoms with Gasteiger partial charge in [0.1, 0.15) is 0 Å². The Labute approximate surface area is 132 Å². The van der Waals surface area contributed by atoms with Gasteiger partial charge in [-0.15, -0.1) is 0 Å². The van der Waals surface area contributed by atoms with E-state index < -0.39 is 16.1 Å². The fraction of sp³-hybridized carbons (Fsp3) is 0.0667. The van der Waals surface area contributed by atoms with Crippen LogP contribution in [0.2, 0.25) is 0 Å². The molecule has 0 saturated carbocycles. The standard InChI is InChI=1S/C15H14N4O3S/c1-10-6-8-11(9-7-10)23(21,22)19-15(20)18-14-16-12-4-2-3-5-13(12)17-14/h2-9H,1H3,(H3,16,17,18,19,20). The first-order chi connectivity index (χ1) is 10.9. The van der Waals surface area contributed by atoms with Gasteiger partial charge in [0.25, 0.3) is 10.0 Å². The summed E-state index contributed by atoms with van der Waals surface area (Å²) in [6.07, 6.45) is 0. The van der Waals surface area contributed by atoms with Crippen LogP contribution in [0.4, 0.5) is 10.7 Å². The van der Waals surface area contributed by atoms with Crippen molar-refractivity contribution in [1.82, 2.24) is 14.7 Å². The number of anilines is 1. The number of urea groups is 1. The van der Waals surface area contributed by atoms with Crippen LogP contribution >= 0.6 is 0 Å². The number of aromatic amines is 1. The zero-order chi connectivity index (χ0) is 16.4. The fourth-order valence-corrected chi connectivity index (χ4v) is 2.95. The van der Waals surface area contributed by atoms with Gasteiger partial charge in [0.05, 0.1) is 15.9 Å². The molecular weight excluding hydrogens is 316 g/mol. The molecule has 1 heterocycles. The number of para-hydroxylation sites is 2. The maximum Gasteiger partial charge on any atom is 0.335 e. The molecule has 0 bridgehead atoms. The first kappa shape index (κ1) is 15.0. The van der Waals surface area contributed by atoms with E-state index in [1.807, 2.05) is 23.8 Å². The summed E-state index contributed by atoms with van der Waals surface area (Å²) < 4.78 is 26.2. The molecule has 3 rings (SSSR count). The lowest BCUT2D eigenvalue weighted by Gasteiger charge is -2.07. The highest BCUT2D eigenvalue weighted by Crippen LogP contribution is 2.14. The number of hydrogen-bond donors (Lipinski definition) is 3. The summed E-state index contributed by atoms with van der Waals surface area (Å²) in [5, 5.41) is 2.37. The molecule has 0 atom stereocenters. The summed E-state index contributed by atoms with van der Waals surface area (Å²) in [5.74, 6) is 0.169. The molecule has 3 aromatic rings. The minimum Gasteiger partial charge on any atom is -0.324 e. The Kier molecular flexibility index (Phi) is 3.75. The van der Waals surface area contributed by atoms with Crippen molar-refractivity contribution in [1.29, 1.82) is 0 Å². The Balaban J connectivity index is 1.74. The maximum absolute atomic E-state index is 12.1. The maximum atomic E-state index is 12.1. The predicted octanol–water partition coefficient (Wildman–Crippen LogP) is 2.38. The van der Waals surface area contributed by atoms with E-state index in [1.54, 1.807) is 24.3 Å². The van der Waals surface area contributed by atoms with Crippen LogP contribution in [0.1, 0.15) is 5.56 Å². The number of fused-ring (bicyclic) bond motifs is 1. The van der Waals surface area contributed by atoms with Crippen LogP contribution in [-0.2, 0) is 10.0 Å². The van der Waals surface area contributed by atoms with Crippen LogP contribution in [0, 0.1) is 6.92 Å². The van der Waals surface area contributed by atoms with E-state index in [-0.39, 0.29) is 10.8 Å². The second kappa shape index (κ2) is 5.73. The Morgan fingerprint density at radius 1 is 1.09 bits per heavy atom. The average molecular weight is 330 g/mol. The number of carbonyl (C=O) groups excluding carboxylic acids is 1. The lowest BCUT2D eigenvalue weighted by atomic mass is 10.2. The smallest absolute Gasteiger partial charge is 0.324 e. The van der Waals surface area contributed by atoms with Gasteiger partial charge in [-0.3, -0.25) is 5.32 Å². The normalized spacial score (nSPS) is 11.3. The molecule has 0 aliphatic rings. The summed E-state index contributed by atoms with van der Waals surface area (Å²) in [4.78, 5) is 18.9. The number of imidazole rings is 1. The molecule has 0 aliphatic carbocycles. The van der Waals surface area contributed by atoms with Crippen LogP contribution in [-0.4, -0.2) is 24.4 Å². The quantitative estimate of drug-likeness (QED) is 0.686. The van der Waals surface area contributed by atoms with Crippen molar-refractivity contribution in [3.8, 4) is 0 Å². The van der Waals surface area contributed by atoms with E-state index in [0.29, 0.717) is 5.52 Å². The number of amides is 2. The number of H-pyrrole nitrogens is 1. The number of nitrogens with zero attached hydrogens (tertiary/aromatic N) is 1. The van der Waals surface area contributed by atoms with E-state index in [0.717, 1.165) is 11.1 Å². The van der Waals surface area contributed by atoms with Crippen molar-refractivity contribution in [3.63, 3.8) is 0 Å². The van der Waals surface area contributed by atoms with Crippen molar-refractivity contribution in [3.05, 3.63) is 54.1 Å². The van der Waals surface area contributed by atoms with Crippen molar-refractivity contribution in [2.75, 3.05) is 5.32 Å². The van der Waals surface area contributed by atoms with Gasteiger partial charge in [0.15, 0.2) is 0 Å². The minimum atomic E-state index is -3.93. The topological polar surface area (TPSA) is 104 Å². The first-order valence-corrected chi connectivity index (χ1v) is 8.27. The third kappa shape index (κ3) is 3.32. The molecule has 7 nitrogen and oxygen atoms in total. The van der Waals surface area contributed by atoms with Gasteiger partial charge in [-0.05, 0) is 31.2 Å². The first-order valence-electron chi connectivity index (χ1n) is 6.79. The summed E-state index contributed by atoms with van der Waals surface area (Å²) >= 11 is 0. The van der Waals surface area contributed by atoms with Crippen molar-refractivity contribution >= 4 is 33.0 Å². The number of benzene rings is 2. The van der Waals surface area contributed by atoms with Crippen molar-refractivity contribution < 1.29 is 13.2 Å². The number of nitrogens with one attached hydrogen (secondary N) is 3. The van der Waals surface area contributed by atoms with Gasteiger partial charge < -0.3 is 4.98 Å². The third-order valence-electron chi connectivity index (χ3n) is 3.18. The summed E-state index contributed by atoms with van der Waals surface area (Å²) in [7, 11) is -3.93. The molecule has 3 N–H and O–H groups in total. The SMILES string of the molecule is Cc1ccc(S(=O)(=O)NC(=O)Nc2nc3ccccc3[nH]2)cc1. The molecule has 118 valence electrons. The van der Waals surface area contributed by atoms with Gasteiger partial charge in [0, 0.05) is 0 Å². The lowest BCUT2D eigenvalue weighted by molar-refractivity contribution is 0.256. The van der Waals surface area contributed by atoms with Crippen molar-refractivity contribution in [2.24, 2.45) is 0 Å². The zero-order valence-electron chi connectivity index (χ0n) is 12.2. The third-order valence-corrected chi connectivity index (χ3v) is 4.53. The molecule has 0 aliphatic heterocycles. The number of aromatic nitrogens is 2. The number of hydrogen-bond acceptors (Lipinski definition) is 4. The minimum absolute atomic E-state index is 0.0165. The van der Waals surface area contributed by atoms with Gasteiger partial charge in [-0.1, -0.05) is 29.8 Å². The second-order valence-corrected chi connectivity index (χ2v) is 6.66.